The van der Waals surface area contributed by atoms with Gasteiger partial charge in [-0.05, 0) is 56.7 Å². The molecule has 0 spiro atoms. The molecule has 1 aromatic rings. The van der Waals surface area contributed by atoms with Crippen molar-refractivity contribution in [1.29, 1.82) is 0 Å². The van der Waals surface area contributed by atoms with Crippen LogP contribution in [0.3, 0.4) is 0 Å². The summed E-state index contributed by atoms with van der Waals surface area (Å²) >= 11 is 1.46. The number of hydrogen-bond donors (Lipinski definition) is 2. The maximum absolute atomic E-state index is 12.2. The summed E-state index contributed by atoms with van der Waals surface area (Å²) in [5, 5.41) is 17.2. The van der Waals surface area contributed by atoms with Gasteiger partial charge >= 0.3 is 0 Å². The van der Waals surface area contributed by atoms with Crippen molar-refractivity contribution in [2.45, 2.75) is 24.2 Å². The van der Waals surface area contributed by atoms with Gasteiger partial charge in [-0.2, -0.15) is 0 Å². The molecule has 0 saturated carbocycles. The van der Waals surface area contributed by atoms with Gasteiger partial charge in [-0.25, -0.2) is 0 Å². The average molecular weight is 323 g/mol. The summed E-state index contributed by atoms with van der Waals surface area (Å²) < 4.78 is 0. The summed E-state index contributed by atoms with van der Waals surface area (Å²) in [5.74, 6) is 0.202. The number of rotatable bonds is 6. The fourth-order valence-corrected chi connectivity index (χ4v) is 3.08. The zero-order chi connectivity index (χ0) is 15.9. The maximum Gasteiger partial charge on any atom is 0.282 e. The van der Waals surface area contributed by atoms with Gasteiger partial charge in [-0.15, -0.1) is 11.8 Å². The summed E-state index contributed by atoms with van der Waals surface area (Å²) in [6.45, 7) is 2.60. The number of piperidine rings is 1. The van der Waals surface area contributed by atoms with Gasteiger partial charge in [0.25, 0.3) is 11.6 Å². The highest BCUT2D eigenvalue weighted by Gasteiger charge is 2.21. The molecule has 0 aromatic heterocycles. The van der Waals surface area contributed by atoms with Gasteiger partial charge in [-0.1, -0.05) is 0 Å². The topological polar surface area (TPSA) is 84.3 Å². The van der Waals surface area contributed by atoms with E-state index in [0.717, 1.165) is 24.4 Å². The monoisotopic (exact) mass is 323 g/mol. The molecule has 1 aliphatic rings. The van der Waals surface area contributed by atoms with Crippen molar-refractivity contribution in [3.63, 3.8) is 0 Å². The molecule has 0 bridgehead atoms. The molecule has 7 heteroatoms. The molecule has 1 saturated heterocycles. The highest BCUT2D eigenvalue weighted by molar-refractivity contribution is 7.98. The van der Waals surface area contributed by atoms with Crippen LogP contribution in [0.4, 0.5) is 5.69 Å². The molecule has 1 unspecified atom stereocenters. The predicted molar refractivity (Wildman–Crippen MR) is 87.4 cm³/mol. The van der Waals surface area contributed by atoms with Gasteiger partial charge in [0.05, 0.1) is 4.92 Å². The molecule has 2 rings (SSSR count). The fourth-order valence-electron chi connectivity index (χ4n) is 2.64. The lowest BCUT2D eigenvalue weighted by Crippen LogP contribution is -2.33. The summed E-state index contributed by atoms with van der Waals surface area (Å²) in [5.41, 5.74) is -0.00625. The van der Waals surface area contributed by atoms with Crippen LogP contribution in [-0.4, -0.2) is 36.7 Å². The lowest BCUT2D eigenvalue weighted by Gasteiger charge is -2.22. The number of carbonyl (C=O) groups is 1. The van der Waals surface area contributed by atoms with Crippen LogP contribution in [0.25, 0.3) is 0 Å². The number of hydrogen-bond acceptors (Lipinski definition) is 5. The molecule has 1 aliphatic heterocycles. The third kappa shape index (κ3) is 4.45. The van der Waals surface area contributed by atoms with Crippen LogP contribution in [-0.2, 0) is 0 Å². The first-order valence-electron chi connectivity index (χ1n) is 7.43. The molecular formula is C15H21N3O3S. The van der Waals surface area contributed by atoms with Gasteiger partial charge in [0.1, 0.15) is 5.56 Å². The summed E-state index contributed by atoms with van der Waals surface area (Å²) in [6.07, 6.45) is 5.11. The second kappa shape index (κ2) is 8.14. The Kier molecular flexibility index (Phi) is 6.21. The lowest BCUT2D eigenvalue weighted by molar-refractivity contribution is -0.385. The molecule has 0 aliphatic carbocycles. The van der Waals surface area contributed by atoms with Crippen LogP contribution < -0.4 is 10.6 Å². The van der Waals surface area contributed by atoms with E-state index in [1.165, 1.54) is 30.7 Å². The van der Waals surface area contributed by atoms with Crippen LogP contribution in [0.2, 0.25) is 0 Å². The van der Waals surface area contributed by atoms with Crippen LogP contribution in [0, 0.1) is 16.0 Å². The van der Waals surface area contributed by atoms with Gasteiger partial charge in [0.2, 0.25) is 0 Å². The van der Waals surface area contributed by atoms with Crippen molar-refractivity contribution < 1.29 is 9.72 Å². The number of thioether (sulfide) groups is 1. The first-order chi connectivity index (χ1) is 10.6. The molecule has 1 heterocycles. The number of amides is 1. The van der Waals surface area contributed by atoms with E-state index in [-0.39, 0.29) is 17.2 Å². The molecule has 1 atom stereocenters. The average Bonchev–Trinajstić information content (AvgIpc) is 2.55. The molecular weight excluding hydrogens is 302 g/mol. The molecule has 120 valence electrons. The minimum absolute atomic E-state index is 0.138. The van der Waals surface area contributed by atoms with E-state index in [0.29, 0.717) is 12.5 Å². The van der Waals surface area contributed by atoms with E-state index in [1.54, 1.807) is 12.1 Å². The lowest BCUT2D eigenvalue weighted by atomic mass is 9.96. The van der Waals surface area contributed by atoms with Crippen molar-refractivity contribution in [1.82, 2.24) is 10.6 Å². The standard InChI is InChI=1S/C15H21N3O3S/c1-22-12-4-5-14(18(20)21)13(9-12)15(19)17-8-6-11-3-2-7-16-10-11/h4-5,9,11,16H,2-3,6-8,10H2,1H3,(H,17,19). The second-order valence-electron chi connectivity index (χ2n) is 5.40. The number of nitrogens with one attached hydrogen (secondary N) is 2. The first kappa shape index (κ1) is 16.8. The number of nitro benzene ring substituents is 1. The molecule has 2 N–H and O–H groups in total. The van der Waals surface area contributed by atoms with Crippen molar-refractivity contribution in [3.05, 3.63) is 33.9 Å². The van der Waals surface area contributed by atoms with Crippen molar-refractivity contribution >= 4 is 23.4 Å². The van der Waals surface area contributed by atoms with E-state index in [1.807, 2.05) is 6.26 Å². The smallest absolute Gasteiger partial charge is 0.282 e. The quantitative estimate of drug-likeness (QED) is 0.477. The molecule has 6 nitrogen and oxygen atoms in total. The summed E-state index contributed by atoms with van der Waals surface area (Å²) in [7, 11) is 0. The van der Waals surface area contributed by atoms with Crippen LogP contribution >= 0.6 is 11.8 Å². The van der Waals surface area contributed by atoms with Crippen LogP contribution in [0.5, 0.6) is 0 Å². The zero-order valence-corrected chi connectivity index (χ0v) is 13.4. The Morgan fingerprint density at radius 2 is 2.36 bits per heavy atom. The van der Waals surface area contributed by atoms with E-state index in [4.69, 9.17) is 0 Å². The number of nitrogens with zero attached hydrogens (tertiary/aromatic N) is 1. The van der Waals surface area contributed by atoms with Gasteiger partial charge in [-0.3, -0.25) is 14.9 Å². The zero-order valence-electron chi connectivity index (χ0n) is 12.6. The van der Waals surface area contributed by atoms with Crippen molar-refractivity contribution in [2.24, 2.45) is 5.92 Å². The SMILES string of the molecule is CSc1ccc([N+](=O)[O-])c(C(=O)NCCC2CCCNC2)c1. The van der Waals surface area contributed by atoms with E-state index in [2.05, 4.69) is 10.6 Å². The molecule has 0 radical (unpaired) electrons. The second-order valence-corrected chi connectivity index (χ2v) is 6.28. The number of carbonyl (C=O) groups excluding carboxylic acids is 1. The highest BCUT2D eigenvalue weighted by Crippen LogP contribution is 2.24. The maximum atomic E-state index is 12.2. The minimum Gasteiger partial charge on any atom is -0.352 e. The highest BCUT2D eigenvalue weighted by atomic mass is 32.2. The Hall–Kier alpha value is -1.60. The molecule has 1 aromatic carbocycles. The molecule has 1 fully saturated rings. The van der Waals surface area contributed by atoms with Crippen LogP contribution in [0.15, 0.2) is 23.1 Å². The predicted octanol–water partition coefficient (Wildman–Crippen LogP) is 2.44. The fraction of sp³-hybridized carbons (Fsp3) is 0.533. The third-order valence-electron chi connectivity index (χ3n) is 3.88. The molecule has 22 heavy (non-hydrogen) atoms. The Labute approximate surface area is 134 Å². The van der Waals surface area contributed by atoms with E-state index >= 15 is 0 Å². The first-order valence-corrected chi connectivity index (χ1v) is 8.65. The normalized spacial score (nSPS) is 18.0. The largest absolute Gasteiger partial charge is 0.352 e. The van der Waals surface area contributed by atoms with E-state index in [9.17, 15) is 14.9 Å². The number of nitro groups is 1. The summed E-state index contributed by atoms with van der Waals surface area (Å²) in [4.78, 5) is 23.6. The van der Waals surface area contributed by atoms with Crippen LogP contribution in [0.1, 0.15) is 29.6 Å². The summed E-state index contributed by atoms with van der Waals surface area (Å²) in [6, 6.07) is 4.64. The Bertz CT molecular complexity index is 545. The van der Waals surface area contributed by atoms with Crippen molar-refractivity contribution in [3.8, 4) is 0 Å². The minimum atomic E-state index is -0.510. The van der Waals surface area contributed by atoms with Gasteiger partial charge in [0, 0.05) is 17.5 Å². The third-order valence-corrected chi connectivity index (χ3v) is 4.61. The Morgan fingerprint density at radius 1 is 1.55 bits per heavy atom. The molecule has 1 amide bonds. The van der Waals surface area contributed by atoms with Crippen molar-refractivity contribution in [2.75, 3.05) is 25.9 Å². The Balaban J connectivity index is 1.97. The van der Waals surface area contributed by atoms with E-state index < -0.39 is 4.92 Å². The Morgan fingerprint density at radius 3 is 3.00 bits per heavy atom. The van der Waals surface area contributed by atoms with Gasteiger partial charge < -0.3 is 10.6 Å². The van der Waals surface area contributed by atoms with Gasteiger partial charge in [0.15, 0.2) is 0 Å². The number of benzene rings is 1.